The number of rotatable bonds is 4. The second-order valence-electron chi connectivity index (χ2n) is 9.15. The highest BCUT2D eigenvalue weighted by Gasteiger charge is 2.46. The van der Waals surface area contributed by atoms with Crippen molar-refractivity contribution in [2.75, 3.05) is 50.2 Å². The van der Waals surface area contributed by atoms with Crippen molar-refractivity contribution in [2.24, 2.45) is 10.7 Å². The second kappa shape index (κ2) is 9.80. The molecule has 11 heteroatoms. The lowest BCUT2D eigenvalue weighted by Gasteiger charge is -2.42. The number of thioether (sulfide) groups is 1. The maximum Gasteiger partial charge on any atom is 0.274 e. The number of pyridine rings is 1. The van der Waals surface area contributed by atoms with Gasteiger partial charge in [0, 0.05) is 48.2 Å². The Morgan fingerprint density at radius 3 is 2.76 bits per heavy atom. The highest BCUT2D eigenvalue weighted by molar-refractivity contribution is 8.14. The van der Waals surface area contributed by atoms with Crippen molar-refractivity contribution in [1.82, 2.24) is 4.98 Å². The zero-order valence-electron chi connectivity index (χ0n) is 20.7. The van der Waals surface area contributed by atoms with Crippen LogP contribution < -0.4 is 25.4 Å². The third kappa shape index (κ3) is 4.31. The molecule has 196 valence electrons. The molecule has 1 amide bonds. The number of nitrogens with two attached hydrogens (primary N) is 1. The van der Waals surface area contributed by atoms with E-state index in [-0.39, 0.29) is 17.4 Å². The van der Waals surface area contributed by atoms with Gasteiger partial charge in [0.2, 0.25) is 0 Å². The normalized spacial score (nSPS) is 20.2. The molecule has 3 aromatic rings. The summed E-state index contributed by atoms with van der Waals surface area (Å²) in [6.07, 6.45) is 2.08. The number of fused-ring (bicyclic) bond motifs is 4. The van der Waals surface area contributed by atoms with E-state index in [1.54, 1.807) is 24.3 Å². The van der Waals surface area contributed by atoms with Crippen molar-refractivity contribution < 1.29 is 23.4 Å². The Labute approximate surface area is 223 Å². The number of carbonyl (C=O) groups is 1. The number of aromatic nitrogens is 1. The molecule has 3 N–H and O–H groups in total. The van der Waals surface area contributed by atoms with Crippen LogP contribution in [0.4, 0.5) is 15.8 Å². The summed E-state index contributed by atoms with van der Waals surface area (Å²) in [4.78, 5) is 23.6. The van der Waals surface area contributed by atoms with Gasteiger partial charge < -0.3 is 30.2 Å². The first-order chi connectivity index (χ1) is 18.5. The lowest BCUT2D eigenvalue weighted by atomic mass is 9.83. The number of amidine groups is 1. The van der Waals surface area contributed by atoms with Gasteiger partial charge in [-0.05, 0) is 42.8 Å². The van der Waals surface area contributed by atoms with E-state index in [1.165, 1.54) is 31.1 Å². The van der Waals surface area contributed by atoms with Gasteiger partial charge in [-0.3, -0.25) is 9.79 Å². The molecule has 1 fully saturated rings. The molecule has 4 heterocycles. The van der Waals surface area contributed by atoms with Crippen molar-refractivity contribution in [2.45, 2.75) is 11.2 Å². The lowest BCUT2D eigenvalue weighted by Crippen LogP contribution is -2.38. The van der Waals surface area contributed by atoms with Crippen molar-refractivity contribution in [1.29, 1.82) is 0 Å². The standard InChI is InChI=1S/C27H26FN5O4S/c1-35-18-3-4-22(31-15-18)25(34)32-16-2-5-23-19(12-16)27(6-7-30-26(29)38-27)20-13-17(14-21(28)24(20)37-23)33-8-10-36-11-9-33/h2-5,12-15H,6-11H2,1H3,(H2,29,30)(H,32,34)/t27-/m0/s1. The van der Waals surface area contributed by atoms with Gasteiger partial charge in [-0.1, -0.05) is 11.8 Å². The van der Waals surface area contributed by atoms with Gasteiger partial charge in [0.05, 0.1) is 31.3 Å². The minimum absolute atomic E-state index is 0.191. The molecule has 0 bridgehead atoms. The van der Waals surface area contributed by atoms with Crippen molar-refractivity contribution in [3.8, 4) is 17.2 Å². The summed E-state index contributed by atoms with van der Waals surface area (Å²) in [6, 6.07) is 12.1. The number of ether oxygens (including phenoxy) is 3. The average molecular weight is 536 g/mol. The minimum Gasteiger partial charge on any atom is -0.495 e. The van der Waals surface area contributed by atoms with Gasteiger partial charge >= 0.3 is 0 Å². The Morgan fingerprint density at radius 1 is 1.18 bits per heavy atom. The summed E-state index contributed by atoms with van der Waals surface area (Å²) in [5.41, 5.74) is 9.34. The smallest absolute Gasteiger partial charge is 0.274 e. The van der Waals surface area contributed by atoms with Crippen LogP contribution in [0.1, 0.15) is 28.0 Å². The van der Waals surface area contributed by atoms with E-state index < -0.39 is 10.6 Å². The van der Waals surface area contributed by atoms with E-state index in [0.29, 0.717) is 67.2 Å². The van der Waals surface area contributed by atoms with Gasteiger partial charge in [-0.15, -0.1) is 0 Å². The number of nitrogens with one attached hydrogen (secondary N) is 1. The number of hydrogen-bond acceptors (Lipinski definition) is 9. The number of morpholine rings is 1. The fourth-order valence-corrected chi connectivity index (χ4v) is 6.29. The molecule has 1 saturated heterocycles. The molecule has 9 nitrogen and oxygen atoms in total. The highest BCUT2D eigenvalue weighted by Crippen LogP contribution is 2.58. The Bertz CT molecular complexity index is 1430. The third-order valence-electron chi connectivity index (χ3n) is 6.94. The molecule has 0 radical (unpaired) electrons. The highest BCUT2D eigenvalue weighted by atomic mass is 32.2. The van der Waals surface area contributed by atoms with Crippen molar-refractivity contribution >= 4 is 34.2 Å². The van der Waals surface area contributed by atoms with E-state index >= 15 is 4.39 Å². The summed E-state index contributed by atoms with van der Waals surface area (Å²) in [6.45, 7) is 3.00. The molecule has 6 rings (SSSR count). The largest absolute Gasteiger partial charge is 0.495 e. The molecular formula is C27H26FN5O4S. The minimum atomic E-state index is -0.739. The number of aliphatic imine (C=N–C) groups is 1. The van der Waals surface area contributed by atoms with Gasteiger partial charge in [0.1, 0.15) is 17.2 Å². The monoisotopic (exact) mass is 535 g/mol. The third-order valence-corrected chi connectivity index (χ3v) is 8.27. The SMILES string of the molecule is COc1ccc(C(=O)Nc2ccc3c(c2)[C@@]2(CCN=C(N)S2)c2cc(N4CCOCC4)cc(F)c2O3)nc1. The second-order valence-corrected chi connectivity index (χ2v) is 10.5. The first-order valence-corrected chi connectivity index (χ1v) is 13.1. The molecule has 3 aliphatic rings. The number of benzene rings is 2. The fraction of sp³-hybridized carbons (Fsp3) is 0.296. The number of methoxy groups -OCH3 is 1. The number of nitrogens with zero attached hydrogens (tertiary/aromatic N) is 3. The molecule has 2 aromatic carbocycles. The Morgan fingerprint density at radius 2 is 2.03 bits per heavy atom. The molecule has 1 spiro atoms. The molecule has 1 aromatic heterocycles. The fourth-order valence-electron chi connectivity index (χ4n) is 5.05. The maximum absolute atomic E-state index is 15.6. The lowest BCUT2D eigenvalue weighted by molar-refractivity contribution is 0.102. The van der Waals surface area contributed by atoms with Gasteiger partial charge in [-0.2, -0.15) is 0 Å². The van der Waals surface area contributed by atoms with E-state index in [4.69, 9.17) is 19.9 Å². The van der Waals surface area contributed by atoms with Gasteiger partial charge in [-0.25, -0.2) is 9.37 Å². The number of halogens is 1. The van der Waals surface area contributed by atoms with E-state index in [0.717, 1.165) is 11.3 Å². The molecule has 0 aliphatic carbocycles. The molecule has 3 aliphatic heterocycles. The maximum atomic E-state index is 15.6. The van der Waals surface area contributed by atoms with Crippen molar-refractivity contribution in [3.05, 3.63) is 71.3 Å². The van der Waals surface area contributed by atoms with Gasteiger partial charge in [0.25, 0.3) is 5.91 Å². The predicted molar refractivity (Wildman–Crippen MR) is 144 cm³/mol. The van der Waals surface area contributed by atoms with E-state index in [2.05, 4.69) is 20.2 Å². The summed E-state index contributed by atoms with van der Waals surface area (Å²) in [5.74, 6) is 0.468. The van der Waals surface area contributed by atoms with Gasteiger partial charge in [0.15, 0.2) is 16.7 Å². The van der Waals surface area contributed by atoms with E-state index in [9.17, 15) is 4.79 Å². The quantitative estimate of drug-likeness (QED) is 0.513. The number of anilines is 2. The Balaban J connectivity index is 1.40. The summed E-state index contributed by atoms with van der Waals surface area (Å²) in [7, 11) is 1.54. The van der Waals surface area contributed by atoms with Crippen LogP contribution in [0.3, 0.4) is 0 Å². The zero-order chi connectivity index (χ0) is 26.3. The first-order valence-electron chi connectivity index (χ1n) is 12.3. The van der Waals surface area contributed by atoms with Crippen LogP contribution in [0.15, 0.2) is 53.7 Å². The van der Waals surface area contributed by atoms with Crippen LogP contribution in [-0.4, -0.2) is 56.0 Å². The van der Waals surface area contributed by atoms with Crippen LogP contribution in [0.2, 0.25) is 0 Å². The predicted octanol–water partition coefficient (Wildman–Crippen LogP) is 4.12. The van der Waals surface area contributed by atoms with Crippen LogP contribution in [0, 0.1) is 5.82 Å². The average Bonchev–Trinajstić information content (AvgIpc) is 2.94. The molecular weight excluding hydrogens is 509 g/mol. The number of hydrogen-bond donors (Lipinski definition) is 2. The first kappa shape index (κ1) is 24.5. The summed E-state index contributed by atoms with van der Waals surface area (Å²) >= 11 is 1.39. The molecule has 0 saturated carbocycles. The summed E-state index contributed by atoms with van der Waals surface area (Å²) in [5, 5.41) is 3.33. The molecule has 1 atom stereocenters. The summed E-state index contributed by atoms with van der Waals surface area (Å²) < 4.78 is 31.6. The Kier molecular flexibility index (Phi) is 6.32. The zero-order valence-corrected chi connectivity index (χ0v) is 21.5. The van der Waals surface area contributed by atoms with E-state index in [1.807, 2.05) is 12.1 Å². The topological polar surface area (TPSA) is 111 Å². The van der Waals surface area contributed by atoms with Crippen molar-refractivity contribution in [3.63, 3.8) is 0 Å². The van der Waals surface area contributed by atoms with Crippen LogP contribution >= 0.6 is 11.8 Å². The van der Waals surface area contributed by atoms with Crippen LogP contribution in [0.25, 0.3) is 0 Å². The number of carbonyl (C=O) groups excluding carboxylic acids is 1. The molecule has 38 heavy (non-hydrogen) atoms. The van der Waals surface area contributed by atoms with Crippen LogP contribution in [-0.2, 0) is 9.48 Å². The Hall–Kier alpha value is -3.83. The van der Waals surface area contributed by atoms with Crippen LogP contribution in [0.5, 0.6) is 17.2 Å². The number of amides is 1. The molecule has 0 unspecified atom stereocenters.